The molecule has 0 saturated carbocycles. The first-order valence-corrected chi connectivity index (χ1v) is 8.64. The maximum Gasteiger partial charge on any atom is 0.311 e. The van der Waals surface area contributed by atoms with E-state index in [4.69, 9.17) is 14.2 Å². The third-order valence-corrected chi connectivity index (χ3v) is 4.00. The number of esters is 1. The van der Waals surface area contributed by atoms with Crippen LogP contribution in [0.15, 0.2) is 18.2 Å². The fourth-order valence-corrected chi connectivity index (χ4v) is 2.82. The number of hydrogen-bond donors (Lipinski definition) is 1. The van der Waals surface area contributed by atoms with E-state index in [1.165, 1.54) is 19.1 Å². The lowest BCUT2D eigenvalue weighted by molar-refractivity contribution is -0.152. The van der Waals surface area contributed by atoms with Crippen LogP contribution in [0, 0.1) is 5.92 Å². The Morgan fingerprint density at radius 1 is 1.22 bits per heavy atom. The van der Waals surface area contributed by atoms with Crippen molar-refractivity contribution in [1.82, 2.24) is 5.32 Å². The lowest BCUT2D eigenvalue weighted by atomic mass is 10.1. The van der Waals surface area contributed by atoms with E-state index in [1.54, 1.807) is 18.2 Å². The van der Waals surface area contributed by atoms with E-state index in [0.717, 1.165) is 0 Å². The maximum absolute atomic E-state index is 12.4. The van der Waals surface area contributed by atoms with Gasteiger partial charge in [-0.15, -0.1) is 0 Å². The number of nitrogens with zero attached hydrogens (tertiary/aromatic N) is 1. The van der Waals surface area contributed by atoms with Gasteiger partial charge >= 0.3 is 5.97 Å². The predicted octanol–water partition coefficient (Wildman–Crippen LogP) is 1.51. The third-order valence-electron chi connectivity index (χ3n) is 4.00. The molecular weight excluding hydrogens is 352 g/mol. The molecule has 0 unspecified atom stereocenters. The number of rotatable bonds is 6. The van der Waals surface area contributed by atoms with E-state index in [-0.39, 0.29) is 31.4 Å². The summed E-state index contributed by atoms with van der Waals surface area (Å²) in [5.74, 6) is -0.716. The summed E-state index contributed by atoms with van der Waals surface area (Å²) in [6, 6.07) is 5.10. The first-order chi connectivity index (χ1) is 12.6. The summed E-state index contributed by atoms with van der Waals surface area (Å²) >= 11 is 0. The third kappa shape index (κ3) is 5.35. The van der Waals surface area contributed by atoms with Gasteiger partial charge in [-0.25, -0.2) is 0 Å². The summed E-state index contributed by atoms with van der Waals surface area (Å²) < 4.78 is 15.6. The summed E-state index contributed by atoms with van der Waals surface area (Å²) in [5.41, 5.74) is 0.151. The van der Waals surface area contributed by atoms with Crippen LogP contribution >= 0.6 is 0 Å². The first kappa shape index (κ1) is 20.5. The van der Waals surface area contributed by atoms with Gasteiger partial charge in [-0.05, 0) is 32.9 Å². The van der Waals surface area contributed by atoms with Crippen molar-refractivity contribution in [2.24, 2.45) is 5.92 Å². The van der Waals surface area contributed by atoms with Crippen molar-refractivity contribution in [1.29, 1.82) is 0 Å². The lowest BCUT2D eigenvalue weighted by Crippen LogP contribution is -2.43. The summed E-state index contributed by atoms with van der Waals surface area (Å²) in [4.78, 5) is 37.9. The van der Waals surface area contributed by atoms with Gasteiger partial charge < -0.3 is 24.4 Å². The number of carbonyl (C=O) groups excluding carboxylic acids is 3. The molecule has 2 amide bonds. The van der Waals surface area contributed by atoms with E-state index < -0.39 is 17.4 Å². The zero-order chi connectivity index (χ0) is 20.2. The SMILES string of the molecule is COc1ccc(N2C[C@H](C(=O)OCC(=O)NC(C)(C)C)CC2=O)c(OC)c1. The molecule has 0 spiro atoms. The second kappa shape index (κ2) is 8.28. The number of hydrogen-bond acceptors (Lipinski definition) is 6. The molecular formula is C19H26N2O6. The molecule has 1 fully saturated rings. The molecule has 1 aromatic rings. The van der Waals surface area contributed by atoms with Crippen LogP contribution in [-0.2, 0) is 19.1 Å². The number of carbonyl (C=O) groups is 3. The van der Waals surface area contributed by atoms with Gasteiger partial charge in [0.25, 0.3) is 5.91 Å². The molecule has 1 aromatic carbocycles. The number of amides is 2. The Morgan fingerprint density at radius 3 is 2.52 bits per heavy atom. The summed E-state index contributed by atoms with van der Waals surface area (Å²) in [6.45, 7) is 5.31. The Bertz CT molecular complexity index is 725. The van der Waals surface area contributed by atoms with Gasteiger partial charge in [-0.1, -0.05) is 0 Å². The second-order valence-electron chi connectivity index (χ2n) is 7.35. The molecule has 0 aliphatic carbocycles. The van der Waals surface area contributed by atoms with Crippen LogP contribution in [0.2, 0.25) is 0 Å². The van der Waals surface area contributed by atoms with Gasteiger partial charge in [-0.3, -0.25) is 14.4 Å². The highest BCUT2D eigenvalue weighted by Crippen LogP contribution is 2.35. The van der Waals surface area contributed by atoms with Crippen LogP contribution in [-0.4, -0.2) is 50.7 Å². The smallest absolute Gasteiger partial charge is 0.311 e. The Morgan fingerprint density at radius 2 is 1.93 bits per heavy atom. The second-order valence-corrected chi connectivity index (χ2v) is 7.35. The van der Waals surface area contributed by atoms with Crippen LogP contribution < -0.4 is 19.7 Å². The highest BCUT2D eigenvalue weighted by Gasteiger charge is 2.37. The maximum atomic E-state index is 12.4. The van der Waals surface area contributed by atoms with Gasteiger partial charge in [0.2, 0.25) is 5.91 Å². The topological polar surface area (TPSA) is 94.2 Å². The van der Waals surface area contributed by atoms with E-state index in [2.05, 4.69) is 5.32 Å². The molecule has 0 bridgehead atoms. The van der Waals surface area contributed by atoms with Crippen LogP contribution in [0.1, 0.15) is 27.2 Å². The lowest BCUT2D eigenvalue weighted by Gasteiger charge is -2.21. The number of methoxy groups -OCH3 is 2. The van der Waals surface area contributed by atoms with Crippen LogP contribution in [0.25, 0.3) is 0 Å². The average molecular weight is 378 g/mol. The standard InChI is InChI=1S/C19H26N2O6/c1-19(2,3)20-16(22)11-27-18(24)12-8-17(23)21(10-12)14-7-6-13(25-4)9-15(14)26-5/h6-7,9,12H,8,10-11H2,1-5H3,(H,20,22)/t12-/m1/s1. The van der Waals surface area contributed by atoms with Crippen LogP contribution in [0.4, 0.5) is 5.69 Å². The quantitative estimate of drug-likeness (QED) is 0.754. The van der Waals surface area contributed by atoms with Crippen molar-refractivity contribution in [3.05, 3.63) is 18.2 Å². The predicted molar refractivity (Wildman–Crippen MR) is 98.9 cm³/mol. The molecule has 2 rings (SSSR count). The Labute approximate surface area is 158 Å². The molecule has 1 N–H and O–H groups in total. The molecule has 1 aliphatic rings. The molecule has 8 heteroatoms. The summed E-state index contributed by atoms with van der Waals surface area (Å²) in [7, 11) is 3.04. The van der Waals surface area contributed by atoms with Crippen molar-refractivity contribution in [3.63, 3.8) is 0 Å². The van der Waals surface area contributed by atoms with Crippen molar-refractivity contribution in [2.45, 2.75) is 32.7 Å². The van der Waals surface area contributed by atoms with E-state index >= 15 is 0 Å². The zero-order valence-corrected chi connectivity index (χ0v) is 16.3. The van der Waals surface area contributed by atoms with Crippen LogP contribution in [0.3, 0.4) is 0 Å². The molecule has 0 radical (unpaired) electrons. The van der Waals surface area contributed by atoms with Gasteiger partial charge in [0.05, 0.1) is 25.8 Å². The first-order valence-electron chi connectivity index (χ1n) is 8.64. The molecule has 1 saturated heterocycles. The molecule has 1 atom stereocenters. The number of ether oxygens (including phenoxy) is 3. The number of nitrogens with one attached hydrogen (secondary N) is 1. The van der Waals surface area contributed by atoms with Crippen molar-refractivity contribution >= 4 is 23.5 Å². The van der Waals surface area contributed by atoms with Gasteiger partial charge in [0.1, 0.15) is 11.5 Å². The molecule has 1 heterocycles. The van der Waals surface area contributed by atoms with Crippen LogP contribution in [0.5, 0.6) is 11.5 Å². The van der Waals surface area contributed by atoms with E-state index in [0.29, 0.717) is 17.2 Å². The normalized spacial score (nSPS) is 16.9. The molecule has 8 nitrogen and oxygen atoms in total. The largest absolute Gasteiger partial charge is 0.497 e. The monoisotopic (exact) mass is 378 g/mol. The number of anilines is 1. The summed E-state index contributed by atoms with van der Waals surface area (Å²) in [5, 5.41) is 2.71. The zero-order valence-electron chi connectivity index (χ0n) is 16.3. The minimum absolute atomic E-state index is 0.0227. The minimum Gasteiger partial charge on any atom is -0.497 e. The summed E-state index contributed by atoms with van der Waals surface area (Å²) in [6.07, 6.45) is 0.0227. The van der Waals surface area contributed by atoms with Gasteiger partial charge in [0.15, 0.2) is 6.61 Å². The molecule has 1 aliphatic heterocycles. The highest BCUT2D eigenvalue weighted by atomic mass is 16.5. The van der Waals surface area contributed by atoms with E-state index in [9.17, 15) is 14.4 Å². The number of benzene rings is 1. The van der Waals surface area contributed by atoms with Crippen molar-refractivity contribution < 1.29 is 28.6 Å². The Kier molecular flexibility index (Phi) is 6.30. The van der Waals surface area contributed by atoms with Gasteiger partial charge in [0, 0.05) is 24.6 Å². The van der Waals surface area contributed by atoms with Crippen molar-refractivity contribution in [3.8, 4) is 11.5 Å². The fourth-order valence-electron chi connectivity index (χ4n) is 2.82. The van der Waals surface area contributed by atoms with E-state index in [1.807, 2.05) is 20.8 Å². The Balaban J connectivity index is 2.01. The highest BCUT2D eigenvalue weighted by molar-refractivity contribution is 6.00. The molecule has 0 aromatic heterocycles. The van der Waals surface area contributed by atoms with Crippen molar-refractivity contribution in [2.75, 3.05) is 32.3 Å². The average Bonchev–Trinajstić information content (AvgIpc) is 2.99. The Hall–Kier alpha value is -2.77. The molecule has 27 heavy (non-hydrogen) atoms. The molecule has 148 valence electrons. The minimum atomic E-state index is -0.633. The fraction of sp³-hybridized carbons (Fsp3) is 0.526. The van der Waals surface area contributed by atoms with Gasteiger partial charge in [-0.2, -0.15) is 0 Å².